The van der Waals surface area contributed by atoms with Gasteiger partial charge in [-0.15, -0.1) is 0 Å². The lowest BCUT2D eigenvalue weighted by molar-refractivity contribution is -0.0494. The van der Waals surface area contributed by atoms with E-state index >= 15 is 0 Å². The van der Waals surface area contributed by atoms with E-state index in [2.05, 4.69) is 39.5 Å². The maximum Gasteiger partial charge on any atom is 0.511 e. The van der Waals surface area contributed by atoms with E-state index in [0.29, 0.717) is 35.7 Å². The molecule has 0 spiro atoms. The van der Waals surface area contributed by atoms with Crippen molar-refractivity contribution >= 4 is 16.0 Å². The van der Waals surface area contributed by atoms with Gasteiger partial charge in [0.15, 0.2) is 5.96 Å². The fourth-order valence-electron chi connectivity index (χ4n) is 3.31. The van der Waals surface area contributed by atoms with Crippen LogP contribution in [0.25, 0.3) is 0 Å². The van der Waals surface area contributed by atoms with Crippen LogP contribution < -0.4 is 10.6 Å². The molecule has 1 unspecified atom stereocenters. The number of rotatable bonds is 4. The summed E-state index contributed by atoms with van der Waals surface area (Å²) in [6.45, 7) is 3.33. The van der Waals surface area contributed by atoms with Crippen molar-refractivity contribution < 1.29 is 21.6 Å². The first-order valence-electron chi connectivity index (χ1n) is 8.97. The maximum absolute atomic E-state index is 12.6. The number of likely N-dealkylation sites (N-methyl/N-ethyl adjacent to an activating group) is 2. The van der Waals surface area contributed by atoms with Gasteiger partial charge < -0.3 is 15.5 Å². The number of nitrogens with one attached hydrogen (secondary N) is 2. The van der Waals surface area contributed by atoms with Crippen LogP contribution in [0.2, 0.25) is 0 Å². The van der Waals surface area contributed by atoms with Crippen molar-refractivity contribution in [2.45, 2.75) is 30.4 Å². The van der Waals surface area contributed by atoms with Crippen LogP contribution in [0, 0.1) is 0 Å². The summed E-state index contributed by atoms with van der Waals surface area (Å²) in [5.74, 6) is 0.578. The predicted octanol–water partition coefficient (Wildman–Crippen LogP) is -0.289. The van der Waals surface area contributed by atoms with Gasteiger partial charge in [-0.1, -0.05) is 0 Å². The summed E-state index contributed by atoms with van der Waals surface area (Å²) in [7, 11) is 0.546. The van der Waals surface area contributed by atoms with Crippen LogP contribution in [-0.4, -0.2) is 106 Å². The topological polar surface area (TPSA) is 80.3 Å². The van der Waals surface area contributed by atoms with Crippen molar-refractivity contribution in [2.24, 2.45) is 4.99 Å². The number of piperazine rings is 1. The summed E-state index contributed by atoms with van der Waals surface area (Å²) < 4.78 is 61.3. The summed E-state index contributed by atoms with van der Waals surface area (Å²) in [4.78, 5) is 8.71. The molecule has 0 aliphatic carbocycles. The van der Waals surface area contributed by atoms with Gasteiger partial charge in [0.2, 0.25) is 0 Å². The number of guanidine groups is 1. The summed E-state index contributed by atoms with van der Waals surface area (Å²) >= 11 is 0. The first-order chi connectivity index (χ1) is 12.5. The number of hydrogen-bond donors (Lipinski definition) is 2. The maximum atomic E-state index is 12.6. The summed E-state index contributed by atoms with van der Waals surface area (Å²) in [6, 6.07) is 0.212. The molecule has 2 rings (SSSR count). The molecule has 0 aromatic carbocycles. The monoisotopic (exact) mass is 414 g/mol. The van der Waals surface area contributed by atoms with E-state index in [4.69, 9.17) is 0 Å². The molecule has 2 aliphatic rings. The molecular weight excluding hydrogens is 385 g/mol. The molecule has 158 valence electrons. The van der Waals surface area contributed by atoms with Crippen LogP contribution in [0.1, 0.15) is 12.8 Å². The van der Waals surface area contributed by atoms with Gasteiger partial charge in [-0.2, -0.15) is 17.5 Å². The van der Waals surface area contributed by atoms with E-state index < -0.39 is 15.5 Å². The minimum absolute atomic E-state index is 0.123. The molecule has 0 saturated carbocycles. The lowest BCUT2D eigenvalue weighted by atomic mass is 10.1. The van der Waals surface area contributed by atoms with Gasteiger partial charge in [0.1, 0.15) is 0 Å². The number of sulfonamides is 1. The third kappa shape index (κ3) is 5.69. The number of aliphatic imine (C=N–C) groups is 1. The minimum atomic E-state index is -5.25. The smallest absolute Gasteiger partial charge is 0.355 e. The Kier molecular flexibility index (Phi) is 7.33. The average molecular weight is 414 g/mol. The van der Waals surface area contributed by atoms with Gasteiger partial charge in [-0.05, 0) is 26.9 Å². The van der Waals surface area contributed by atoms with Crippen LogP contribution in [0.4, 0.5) is 13.2 Å². The van der Waals surface area contributed by atoms with E-state index in [0.717, 1.165) is 19.6 Å². The van der Waals surface area contributed by atoms with Crippen LogP contribution in [-0.2, 0) is 10.0 Å². The molecule has 2 aliphatic heterocycles. The van der Waals surface area contributed by atoms with Crippen molar-refractivity contribution in [3.05, 3.63) is 0 Å². The summed E-state index contributed by atoms with van der Waals surface area (Å²) in [5, 5.41) is 6.45. The molecule has 2 heterocycles. The van der Waals surface area contributed by atoms with Gasteiger partial charge in [-0.3, -0.25) is 9.89 Å². The van der Waals surface area contributed by atoms with Gasteiger partial charge in [0, 0.05) is 58.4 Å². The Morgan fingerprint density at radius 1 is 1.15 bits per heavy atom. The summed E-state index contributed by atoms with van der Waals surface area (Å²) in [5.41, 5.74) is -5.25. The highest BCUT2D eigenvalue weighted by Crippen LogP contribution is 2.28. The van der Waals surface area contributed by atoms with Gasteiger partial charge in [0.25, 0.3) is 0 Å². The first-order valence-corrected chi connectivity index (χ1v) is 10.4. The molecule has 0 bridgehead atoms. The molecule has 2 saturated heterocycles. The second-order valence-electron chi connectivity index (χ2n) is 7.12. The number of halogens is 3. The Morgan fingerprint density at radius 3 is 2.33 bits per heavy atom. The van der Waals surface area contributed by atoms with E-state index in [1.165, 1.54) is 0 Å². The molecule has 0 aromatic rings. The van der Waals surface area contributed by atoms with Gasteiger partial charge >= 0.3 is 15.5 Å². The van der Waals surface area contributed by atoms with Crippen molar-refractivity contribution in [1.82, 2.24) is 24.7 Å². The highest BCUT2D eigenvalue weighted by atomic mass is 32.2. The zero-order chi connectivity index (χ0) is 20.2. The second kappa shape index (κ2) is 8.93. The minimum Gasteiger partial charge on any atom is -0.355 e. The number of nitrogens with zero attached hydrogens (tertiary/aromatic N) is 4. The van der Waals surface area contributed by atoms with Gasteiger partial charge in [-0.25, -0.2) is 8.42 Å². The molecule has 0 amide bonds. The fraction of sp³-hybridized carbons (Fsp3) is 0.933. The van der Waals surface area contributed by atoms with Crippen LogP contribution in [0.3, 0.4) is 0 Å². The Hall–Kier alpha value is -1.11. The summed E-state index contributed by atoms with van der Waals surface area (Å²) in [6.07, 6.45) is 0.587. The van der Waals surface area contributed by atoms with Crippen LogP contribution >= 0.6 is 0 Å². The Labute approximate surface area is 158 Å². The van der Waals surface area contributed by atoms with Crippen LogP contribution in [0.15, 0.2) is 4.99 Å². The SMILES string of the molecule is CN=C(NCC1CN(C)CCN1C)NC1CCN(S(=O)(=O)C(F)(F)F)CC1. The second-order valence-corrected chi connectivity index (χ2v) is 9.05. The number of hydrogen-bond acceptors (Lipinski definition) is 5. The fourth-order valence-corrected chi connectivity index (χ4v) is 4.30. The normalized spacial score (nSPS) is 25.6. The molecule has 27 heavy (non-hydrogen) atoms. The Bertz CT molecular complexity index is 620. The Balaban J connectivity index is 1.81. The van der Waals surface area contributed by atoms with Crippen molar-refractivity contribution in [2.75, 3.05) is 60.4 Å². The molecule has 12 heteroatoms. The van der Waals surface area contributed by atoms with E-state index in [1.807, 2.05) is 0 Å². The van der Waals surface area contributed by atoms with E-state index in [-0.39, 0.29) is 19.1 Å². The van der Waals surface area contributed by atoms with Crippen molar-refractivity contribution in [3.8, 4) is 0 Å². The third-order valence-electron chi connectivity index (χ3n) is 5.14. The van der Waals surface area contributed by atoms with E-state index in [1.54, 1.807) is 7.05 Å². The molecule has 0 radical (unpaired) electrons. The number of alkyl halides is 3. The molecule has 0 aromatic heterocycles. The first kappa shape index (κ1) is 22.2. The lowest BCUT2D eigenvalue weighted by Gasteiger charge is -2.38. The van der Waals surface area contributed by atoms with Crippen molar-refractivity contribution in [3.63, 3.8) is 0 Å². The third-order valence-corrected chi connectivity index (χ3v) is 6.77. The molecule has 1 atom stereocenters. The van der Waals surface area contributed by atoms with Crippen LogP contribution in [0.5, 0.6) is 0 Å². The van der Waals surface area contributed by atoms with Crippen molar-refractivity contribution in [1.29, 1.82) is 0 Å². The highest BCUT2D eigenvalue weighted by molar-refractivity contribution is 7.90. The molecule has 8 nitrogen and oxygen atoms in total. The standard InChI is InChI=1S/C15H29F3N6O2S/c1-19-14(20-10-13-11-22(2)8-9-23(13)3)21-12-4-6-24(7-5-12)27(25,26)15(16,17)18/h12-13H,4-11H2,1-3H3,(H2,19,20,21). The lowest BCUT2D eigenvalue weighted by Crippen LogP contribution is -2.56. The van der Waals surface area contributed by atoms with Gasteiger partial charge in [0.05, 0.1) is 0 Å². The average Bonchev–Trinajstić information content (AvgIpc) is 2.60. The molecular formula is C15H29F3N6O2S. The Morgan fingerprint density at radius 2 is 1.78 bits per heavy atom. The zero-order valence-corrected chi connectivity index (χ0v) is 16.8. The molecule has 2 N–H and O–H groups in total. The highest BCUT2D eigenvalue weighted by Gasteiger charge is 2.50. The quantitative estimate of drug-likeness (QED) is 0.486. The van der Waals surface area contributed by atoms with E-state index in [9.17, 15) is 21.6 Å². The number of piperidine rings is 1. The predicted molar refractivity (Wildman–Crippen MR) is 98.0 cm³/mol. The largest absolute Gasteiger partial charge is 0.511 e. The molecule has 2 fully saturated rings. The zero-order valence-electron chi connectivity index (χ0n) is 16.0.